The molecule has 0 radical (unpaired) electrons. The number of likely N-dealkylation sites (N-methyl/N-ethyl adjacent to an activating group) is 1. The van der Waals surface area contributed by atoms with Crippen molar-refractivity contribution in [1.29, 1.82) is 0 Å². The van der Waals surface area contributed by atoms with Crippen LogP contribution < -0.4 is 10.1 Å². The van der Waals surface area contributed by atoms with Gasteiger partial charge in [0.1, 0.15) is 11.4 Å². The Labute approximate surface area is 103 Å². The zero-order valence-electron chi connectivity index (χ0n) is 10.6. The molecule has 0 bridgehead atoms. The molecule has 1 N–H and O–H groups in total. The van der Waals surface area contributed by atoms with Crippen LogP contribution in [0.25, 0.3) is 0 Å². The minimum Gasteiger partial charge on any atom is -0.485 e. The van der Waals surface area contributed by atoms with Crippen molar-refractivity contribution in [1.82, 2.24) is 10.2 Å². The van der Waals surface area contributed by atoms with Gasteiger partial charge in [-0.25, -0.2) is 0 Å². The van der Waals surface area contributed by atoms with Gasteiger partial charge in [-0.3, -0.25) is 4.90 Å². The predicted octanol–water partition coefficient (Wildman–Crippen LogP) is 1.42. The lowest BCUT2D eigenvalue weighted by Gasteiger charge is -2.46. The maximum Gasteiger partial charge on any atom is 0.131 e. The Hall–Kier alpha value is -1.06. The number of fused-ring (bicyclic) bond motifs is 1. The third-order valence-electron chi connectivity index (χ3n) is 3.66. The summed E-state index contributed by atoms with van der Waals surface area (Å²) in [5.41, 5.74) is 2.81. The quantitative estimate of drug-likeness (QED) is 0.834. The second kappa shape index (κ2) is 4.00. The van der Waals surface area contributed by atoms with Crippen molar-refractivity contribution in [3.63, 3.8) is 0 Å². The molecule has 2 aliphatic heterocycles. The van der Waals surface area contributed by atoms with E-state index in [1.165, 1.54) is 11.1 Å². The SMILES string of the molecule is CN1CC(C)(Oc2cccc3c2CCNC3)C1. The molecule has 3 nitrogen and oxygen atoms in total. The fourth-order valence-electron chi connectivity index (χ4n) is 3.02. The Kier molecular flexibility index (Phi) is 2.60. The summed E-state index contributed by atoms with van der Waals surface area (Å²) < 4.78 is 6.24. The molecule has 0 amide bonds. The molecule has 0 unspecified atom stereocenters. The Balaban J connectivity index is 1.83. The van der Waals surface area contributed by atoms with E-state index in [1.54, 1.807) is 0 Å². The van der Waals surface area contributed by atoms with Crippen molar-refractivity contribution >= 4 is 0 Å². The maximum atomic E-state index is 6.24. The third kappa shape index (κ3) is 2.05. The van der Waals surface area contributed by atoms with Gasteiger partial charge in [-0.1, -0.05) is 12.1 Å². The van der Waals surface area contributed by atoms with Crippen LogP contribution in [0.15, 0.2) is 18.2 Å². The number of benzene rings is 1. The Morgan fingerprint density at radius 1 is 1.35 bits per heavy atom. The molecule has 2 heterocycles. The van der Waals surface area contributed by atoms with E-state index >= 15 is 0 Å². The molecule has 3 heteroatoms. The summed E-state index contributed by atoms with van der Waals surface area (Å²) in [4.78, 5) is 2.29. The topological polar surface area (TPSA) is 24.5 Å². The van der Waals surface area contributed by atoms with E-state index in [-0.39, 0.29) is 5.60 Å². The van der Waals surface area contributed by atoms with Crippen molar-refractivity contribution in [2.24, 2.45) is 0 Å². The Morgan fingerprint density at radius 2 is 2.18 bits per heavy atom. The van der Waals surface area contributed by atoms with E-state index in [9.17, 15) is 0 Å². The predicted molar refractivity (Wildman–Crippen MR) is 68.4 cm³/mol. The Morgan fingerprint density at radius 3 is 2.94 bits per heavy atom. The van der Waals surface area contributed by atoms with E-state index in [0.717, 1.165) is 38.3 Å². The standard InChI is InChI=1S/C14H20N2O/c1-14(9-16(2)10-14)17-13-5-3-4-11-8-15-7-6-12(11)13/h3-5,15H,6-10H2,1-2H3. The highest BCUT2D eigenvalue weighted by molar-refractivity contribution is 5.42. The largest absolute Gasteiger partial charge is 0.485 e. The average Bonchev–Trinajstić information content (AvgIpc) is 2.28. The summed E-state index contributed by atoms with van der Waals surface area (Å²) in [6, 6.07) is 6.42. The van der Waals surface area contributed by atoms with Gasteiger partial charge in [0.15, 0.2) is 0 Å². The fraction of sp³-hybridized carbons (Fsp3) is 0.571. The zero-order chi connectivity index (χ0) is 11.9. The first-order chi connectivity index (χ1) is 8.16. The summed E-state index contributed by atoms with van der Waals surface area (Å²) in [5.74, 6) is 1.10. The second-order valence-electron chi connectivity index (χ2n) is 5.54. The van der Waals surface area contributed by atoms with Gasteiger partial charge in [0.05, 0.1) is 0 Å². The molecule has 0 atom stereocenters. The summed E-state index contributed by atoms with van der Waals surface area (Å²) >= 11 is 0. The van der Waals surface area contributed by atoms with Gasteiger partial charge in [0, 0.05) is 19.6 Å². The molecule has 2 aliphatic rings. The molecule has 1 aromatic rings. The Bertz CT molecular complexity index is 424. The summed E-state index contributed by atoms with van der Waals surface area (Å²) in [7, 11) is 2.13. The first kappa shape index (κ1) is 11.1. The van der Waals surface area contributed by atoms with Crippen LogP contribution in [0.4, 0.5) is 0 Å². The van der Waals surface area contributed by atoms with Crippen molar-refractivity contribution in [2.45, 2.75) is 25.5 Å². The van der Waals surface area contributed by atoms with Crippen LogP contribution in [0, 0.1) is 0 Å². The lowest BCUT2D eigenvalue weighted by molar-refractivity contribution is -0.0502. The minimum absolute atomic E-state index is 0.00868. The molecule has 0 aromatic heterocycles. The zero-order valence-corrected chi connectivity index (χ0v) is 10.6. The molecule has 0 spiro atoms. The highest BCUT2D eigenvalue weighted by Gasteiger charge is 2.39. The van der Waals surface area contributed by atoms with E-state index in [1.807, 2.05) is 0 Å². The highest BCUT2D eigenvalue weighted by Crippen LogP contribution is 2.31. The van der Waals surface area contributed by atoms with E-state index in [0.29, 0.717) is 0 Å². The number of ether oxygens (including phenoxy) is 1. The smallest absolute Gasteiger partial charge is 0.131 e. The van der Waals surface area contributed by atoms with Crippen molar-refractivity contribution in [3.8, 4) is 5.75 Å². The molecule has 1 fully saturated rings. The number of nitrogens with one attached hydrogen (secondary N) is 1. The maximum absolute atomic E-state index is 6.24. The first-order valence-corrected chi connectivity index (χ1v) is 6.35. The molecule has 1 saturated heterocycles. The van der Waals surface area contributed by atoms with E-state index in [4.69, 9.17) is 4.74 Å². The van der Waals surface area contributed by atoms with Crippen LogP contribution in [0.3, 0.4) is 0 Å². The molecule has 0 saturated carbocycles. The molecule has 0 aliphatic carbocycles. The van der Waals surface area contributed by atoms with Crippen LogP contribution >= 0.6 is 0 Å². The van der Waals surface area contributed by atoms with Gasteiger partial charge in [0.2, 0.25) is 0 Å². The van der Waals surface area contributed by atoms with Crippen molar-refractivity contribution in [2.75, 3.05) is 26.7 Å². The lowest BCUT2D eigenvalue weighted by atomic mass is 9.96. The van der Waals surface area contributed by atoms with Crippen LogP contribution in [0.1, 0.15) is 18.1 Å². The number of hydrogen-bond acceptors (Lipinski definition) is 3. The van der Waals surface area contributed by atoms with Gasteiger partial charge < -0.3 is 10.1 Å². The second-order valence-corrected chi connectivity index (χ2v) is 5.54. The van der Waals surface area contributed by atoms with Gasteiger partial charge in [-0.2, -0.15) is 0 Å². The summed E-state index contributed by atoms with van der Waals surface area (Å²) in [6.45, 7) is 6.28. The molecular formula is C14H20N2O. The number of rotatable bonds is 2. The first-order valence-electron chi connectivity index (χ1n) is 6.35. The van der Waals surface area contributed by atoms with Gasteiger partial charge in [-0.05, 0) is 44.1 Å². The monoisotopic (exact) mass is 232 g/mol. The van der Waals surface area contributed by atoms with Crippen LogP contribution in [0.2, 0.25) is 0 Å². The molecular weight excluding hydrogens is 212 g/mol. The molecule has 17 heavy (non-hydrogen) atoms. The molecule has 3 rings (SSSR count). The fourth-order valence-corrected chi connectivity index (χ4v) is 3.02. The minimum atomic E-state index is 0.00868. The van der Waals surface area contributed by atoms with Crippen LogP contribution in [0.5, 0.6) is 5.75 Å². The number of likely N-dealkylation sites (tertiary alicyclic amines) is 1. The summed E-state index contributed by atoms with van der Waals surface area (Å²) in [5, 5.41) is 3.40. The third-order valence-corrected chi connectivity index (χ3v) is 3.66. The molecule has 1 aromatic carbocycles. The number of hydrogen-bond donors (Lipinski definition) is 1. The van der Waals surface area contributed by atoms with Crippen LogP contribution in [-0.2, 0) is 13.0 Å². The van der Waals surface area contributed by atoms with E-state index < -0.39 is 0 Å². The van der Waals surface area contributed by atoms with E-state index in [2.05, 4.69) is 42.4 Å². The highest BCUT2D eigenvalue weighted by atomic mass is 16.5. The number of nitrogens with zero attached hydrogens (tertiary/aromatic N) is 1. The summed E-state index contributed by atoms with van der Waals surface area (Å²) in [6.07, 6.45) is 1.08. The van der Waals surface area contributed by atoms with Crippen LogP contribution in [-0.4, -0.2) is 37.2 Å². The normalized spacial score (nSPS) is 22.7. The molecule has 92 valence electrons. The van der Waals surface area contributed by atoms with Gasteiger partial charge in [-0.15, -0.1) is 0 Å². The van der Waals surface area contributed by atoms with Gasteiger partial charge >= 0.3 is 0 Å². The lowest BCUT2D eigenvalue weighted by Crippen LogP contribution is -2.61. The van der Waals surface area contributed by atoms with Gasteiger partial charge in [0.25, 0.3) is 0 Å². The average molecular weight is 232 g/mol. The van der Waals surface area contributed by atoms with Crippen molar-refractivity contribution < 1.29 is 4.74 Å². The van der Waals surface area contributed by atoms with Crippen molar-refractivity contribution in [3.05, 3.63) is 29.3 Å².